The van der Waals surface area contributed by atoms with Gasteiger partial charge in [-0.1, -0.05) is 23.7 Å². The highest BCUT2D eigenvalue weighted by atomic mass is 35.5. The van der Waals surface area contributed by atoms with Crippen LogP contribution >= 0.6 is 23.8 Å². The molecule has 0 unspecified atom stereocenters. The van der Waals surface area contributed by atoms with Crippen molar-refractivity contribution in [2.45, 2.75) is 26.4 Å². The molecule has 0 saturated heterocycles. The van der Waals surface area contributed by atoms with Crippen molar-refractivity contribution in [3.8, 4) is 0 Å². The molecule has 110 valence electrons. The highest BCUT2D eigenvalue weighted by Crippen LogP contribution is 2.23. The average molecular weight is 322 g/mol. The quantitative estimate of drug-likeness (QED) is 0.836. The van der Waals surface area contributed by atoms with E-state index >= 15 is 0 Å². The summed E-state index contributed by atoms with van der Waals surface area (Å²) in [5, 5.41) is 0.791. The first kappa shape index (κ1) is 14.5. The van der Waals surface area contributed by atoms with E-state index in [4.69, 9.17) is 23.8 Å². The van der Waals surface area contributed by atoms with Crippen LogP contribution in [0.2, 0.25) is 5.02 Å². The standard InChI is InChI=1S/C15H16ClN3OS/c1-9-3-2-4-12(16)11(9)7-19-6-5-10-13(8-19)17-15(21)18-14(10)20/h2-4H,5-8H2,1H3,(H2,17,18,20,21). The van der Waals surface area contributed by atoms with Gasteiger partial charge in [0.05, 0.1) is 0 Å². The first-order valence-corrected chi connectivity index (χ1v) is 7.64. The molecule has 2 heterocycles. The molecule has 0 bridgehead atoms. The highest BCUT2D eigenvalue weighted by molar-refractivity contribution is 7.71. The van der Waals surface area contributed by atoms with E-state index in [0.29, 0.717) is 11.3 Å². The molecule has 6 heteroatoms. The average Bonchev–Trinajstić information content (AvgIpc) is 2.42. The lowest BCUT2D eigenvalue weighted by Gasteiger charge is -2.28. The van der Waals surface area contributed by atoms with Crippen LogP contribution in [0.15, 0.2) is 23.0 Å². The molecule has 0 radical (unpaired) electrons. The third-order valence-electron chi connectivity index (χ3n) is 3.92. The van der Waals surface area contributed by atoms with E-state index in [2.05, 4.69) is 27.9 Å². The van der Waals surface area contributed by atoms with Gasteiger partial charge in [0.2, 0.25) is 0 Å². The third-order valence-corrected chi connectivity index (χ3v) is 4.48. The monoisotopic (exact) mass is 321 g/mol. The molecule has 4 nitrogen and oxygen atoms in total. The largest absolute Gasteiger partial charge is 0.334 e. The Bertz CT molecular complexity index is 776. The summed E-state index contributed by atoms with van der Waals surface area (Å²) in [5.41, 5.74) is 4.00. The minimum Gasteiger partial charge on any atom is -0.334 e. The van der Waals surface area contributed by atoms with E-state index in [1.165, 1.54) is 5.56 Å². The van der Waals surface area contributed by atoms with Crippen molar-refractivity contribution in [1.29, 1.82) is 0 Å². The zero-order valence-corrected chi connectivity index (χ0v) is 13.3. The molecule has 0 atom stereocenters. The lowest BCUT2D eigenvalue weighted by atomic mass is 10.0. The van der Waals surface area contributed by atoms with Crippen molar-refractivity contribution >= 4 is 23.8 Å². The van der Waals surface area contributed by atoms with Gasteiger partial charge < -0.3 is 4.98 Å². The molecule has 0 spiro atoms. The summed E-state index contributed by atoms with van der Waals surface area (Å²) in [6, 6.07) is 5.95. The van der Waals surface area contributed by atoms with Crippen LogP contribution in [0, 0.1) is 11.7 Å². The summed E-state index contributed by atoms with van der Waals surface area (Å²) in [6.45, 7) is 4.37. The van der Waals surface area contributed by atoms with Crippen LogP contribution in [0.4, 0.5) is 0 Å². The molecule has 1 aliphatic rings. The Balaban J connectivity index is 1.87. The lowest BCUT2D eigenvalue weighted by molar-refractivity contribution is 0.240. The second-order valence-corrected chi connectivity index (χ2v) is 6.18. The number of H-pyrrole nitrogens is 2. The van der Waals surface area contributed by atoms with Crippen molar-refractivity contribution in [2.75, 3.05) is 6.54 Å². The summed E-state index contributed by atoms with van der Waals surface area (Å²) < 4.78 is 0.384. The molecule has 0 amide bonds. The van der Waals surface area contributed by atoms with Crippen LogP contribution in [0.5, 0.6) is 0 Å². The van der Waals surface area contributed by atoms with Gasteiger partial charge in [-0.25, -0.2) is 0 Å². The first-order valence-electron chi connectivity index (χ1n) is 6.85. The fourth-order valence-electron chi connectivity index (χ4n) is 2.76. The van der Waals surface area contributed by atoms with Crippen molar-refractivity contribution < 1.29 is 0 Å². The topological polar surface area (TPSA) is 51.9 Å². The number of aromatic nitrogens is 2. The number of halogens is 1. The van der Waals surface area contributed by atoms with Crippen molar-refractivity contribution in [3.05, 3.63) is 60.7 Å². The van der Waals surface area contributed by atoms with Crippen LogP contribution < -0.4 is 5.56 Å². The van der Waals surface area contributed by atoms with E-state index in [-0.39, 0.29) is 5.56 Å². The Morgan fingerprint density at radius 2 is 2.19 bits per heavy atom. The Labute approximate surface area is 132 Å². The minimum atomic E-state index is -0.0673. The van der Waals surface area contributed by atoms with Crippen LogP contribution in [0.1, 0.15) is 22.4 Å². The maximum Gasteiger partial charge on any atom is 0.255 e. The highest BCUT2D eigenvalue weighted by Gasteiger charge is 2.20. The van der Waals surface area contributed by atoms with Crippen LogP contribution in [-0.4, -0.2) is 21.4 Å². The van der Waals surface area contributed by atoms with Gasteiger partial charge in [0.15, 0.2) is 4.77 Å². The molecular weight excluding hydrogens is 306 g/mol. The molecule has 2 aromatic rings. The van der Waals surface area contributed by atoms with Gasteiger partial charge >= 0.3 is 0 Å². The SMILES string of the molecule is Cc1cccc(Cl)c1CN1CCc2c([nH]c(=S)[nH]c2=O)C1. The third kappa shape index (κ3) is 2.95. The Morgan fingerprint density at radius 1 is 1.38 bits per heavy atom. The molecule has 21 heavy (non-hydrogen) atoms. The number of hydrogen-bond donors (Lipinski definition) is 2. The second-order valence-electron chi connectivity index (χ2n) is 5.36. The molecule has 3 rings (SSSR count). The number of aryl methyl sites for hydroxylation is 1. The van der Waals surface area contributed by atoms with Gasteiger partial charge in [0.25, 0.3) is 5.56 Å². The maximum absolute atomic E-state index is 11.9. The number of nitrogens with zero attached hydrogens (tertiary/aromatic N) is 1. The molecule has 0 aliphatic carbocycles. The lowest BCUT2D eigenvalue weighted by Crippen LogP contribution is -2.35. The smallest absolute Gasteiger partial charge is 0.255 e. The van der Waals surface area contributed by atoms with Gasteiger partial charge in [0.1, 0.15) is 0 Å². The van der Waals surface area contributed by atoms with E-state index in [9.17, 15) is 4.79 Å². The summed E-state index contributed by atoms with van der Waals surface area (Å²) in [4.78, 5) is 19.9. The van der Waals surface area contributed by atoms with Crippen LogP contribution in [-0.2, 0) is 19.5 Å². The number of nitrogens with one attached hydrogen (secondary N) is 2. The number of hydrogen-bond acceptors (Lipinski definition) is 3. The number of aromatic amines is 2. The van der Waals surface area contributed by atoms with Gasteiger partial charge in [-0.2, -0.15) is 0 Å². The first-order chi connectivity index (χ1) is 10.0. The fraction of sp³-hybridized carbons (Fsp3) is 0.333. The Hall–Kier alpha value is -1.43. The molecule has 2 N–H and O–H groups in total. The summed E-state index contributed by atoms with van der Waals surface area (Å²) in [6.07, 6.45) is 0.723. The van der Waals surface area contributed by atoms with Gasteiger partial charge in [0, 0.05) is 35.9 Å². The second kappa shape index (κ2) is 5.75. The maximum atomic E-state index is 11.9. The van der Waals surface area contributed by atoms with E-state index in [1.807, 2.05) is 12.1 Å². The fourth-order valence-corrected chi connectivity index (χ4v) is 3.25. The molecule has 0 saturated carbocycles. The van der Waals surface area contributed by atoms with Crippen LogP contribution in [0.3, 0.4) is 0 Å². The number of fused-ring (bicyclic) bond motifs is 1. The summed E-state index contributed by atoms with van der Waals surface area (Å²) in [7, 11) is 0. The molecule has 1 aromatic carbocycles. The Morgan fingerprint density at radius 3 is 2.95 bits per heavy atom. The summed E-state index contributed by atoms with van der Waals surface area (Å²) in [5.74, 6) is 0. The number of benzene rings is 1. The van der Waals surface area contributed by atoms with E-state index < -0.39 is 0 Å². The minimum absolute atomic E-state index is 0.0673. The van der Waals surface area contributed by atoms with Crippen molar-refractivity contribution in [1.82, 2.24) is 14.9 Å². The van der Waals surface area contributed by atoms with Gasteiger partial charge in [-0.3, -0.25) is 14.7 Å². The van der Waals surface area contributed by atoms with Gasteiger partial charge in [-0.15, -0.1) is 0 Å². The van der Waals surface area contributed by atoms with E-state index in [0.717, 1.165) is 41.4 Å². The molecule has 1 aliphatic heterocycles. The van der Waals surface area contributed by atoms with Crippen molar-refractivity contribution in [2.24, 2.45) is 0 Å². The Kier molecular flexibility index (Phi) is 3.97. The van der Waals surface area contributed by atoms with E-state index in [1.54, 1.807) is 0 Å². The zero-order valence-electron chi connectivity index (χ0n) is 11.7. The normalized spacial score (nSPS) is 15.0. The molecular formula is C15H16ClN3OS. The van der Waals surface area contributed by atoms with Crippen molar-refractivity contribution in [3.63, 3.8) is 0 Å². The molecule has 1 aromatic heterocycles. The number of rotatable bonds is 2. The zero-order chi connectivity index (χ0) is 15.0. The molecule has 0 fully saturated rings. The van der Waals surface area contributed by atoms with Crippen LogP contribution in [0.25, 0.3) is 0 Å². The predicted molar refractivity (Wildman–Crippen MR) is 86.3 cm³/mol. The summed E-state index contributed by atoms with van der Waals surface area (Å²) >= 11 is 11.3. The predicted octanol–water partition coefficient (Wildman–Crippen LogP) is 2.95. The van der Waals surface area contributed by atoms with Gasteiger partial charge in [-0.05, 0) is 42.8 Å².